The molecule has 0 radical (unpaired) electrons. The zero-order chi connectivity index (χ0) is 16.1. The zero-order valence-electron chi connectivity index (χ0n) is 13.8. The number of nitrogens with zero attached hydrogens (tertiary/aromatic N) is 2. The molecule has 1 aliphatic heterocycles. The van der Waals surface area contributed by atoms with Gasteiger partial charge in [-0.25, -0.2) is 4.79 Å². The molecule has 3 rings (SSSR count). The maximum atomic E-state index is 12.3. The number of rotatable bonds is 0. The number of aliphatic hydroxyl groups excluding tert-OH is 1. The van der Waals surface area contributed by atoms with Crippen molar-refractivity contribution in [3.8, 4) is 0 Å². The first-order chi connectivity index (χ1) is 10.3. The van der Waals surface area contributed by atoms with Crippen LogP contribution in [0.4, 0.5) is 4.79 Å². The van der Waals surface area contributed by atoms with Gasteiger partial charge in [0.2, 0.25) is 0 Å². The maximum Gasteiger partial charge on any atom is 0.412 e. The number of pyridine rings is 1. The molecule has 2 heterocycles. The number of hydrogen-bond donors (Lipinski definition) is 1. The van der Waals surface area contributed by atoms with E-state index in [1.54, 1.807) is 0 Å². The van der Waals surface area contributed by atoms with Gasteiger partial charge >= 0.3 is 6.09 Å². The summed E-state index contributed by atoms with van der Waals surface area (Å²) in [6, 6.07) is 0. The second kappa shape index (κ2) is 5.23. The van der Waals surface area contributed by atoms with E-state index in [1.807, 2.05) is 20.8 Å². The molecule has 1 aromatic heterocycles. The van der Waals surface area contributed by atoms with Gasteiger partial charge in [0.15, 0.2) is 6.23 Å². The summed E-state index contributed by atoms with van der Waals surface area (Å²) >= 11 is 0. The van der Waals surface area contributed by atoms with Crippen molar-refractivity contribution < 1.29 is 14.6 Å². The number of carbonyl (C=O) groups is 1. The molecule has 0 spiro atoms. The van der Waals surface area contributed by atoms with Crippen LogP contribution in [0.3, 0.4) is 0 Å². The predicted octanol–water partition coefficient (Wildman–Crippen LogP) is 3.01. The highest BCUT2D eigenvalue weighted by molar-refractivity contribution is 5.70. The van der Waals surface area contributed by atoms with Crippen LogP contribution in [-0.2, 0) is 24.1 Å². The van der Waals surface area contributed by atoms with Crippen LogP contribution < -0.4 is 0 Å². The van der Waals surface area contributed by atoms with Gasteiger partial charge in [0.1, 0.15) is 5.60 Å². The molecule has 1 N–H and O–H groups in total. The Balaban J connectivity index is 1.92. The molecule has 0 aromatic carbocycles. The van der Waals surface area contributed by atoms with Crippen LogP contribution in [0, 0.1) is 6.92 Å². The van der Waals surface area contributed by atoms with Gasteiger partial charge in [0.25, 0.3) is 0 Å². The van der Waals surface area contributed by atoms with Crippen LogP contribution in [0.25, 0.3) is 0 Å². The highest BCUT2D eigenvalue weighted by Gasteiger charge is 2.38. The van der Waals surface area contributed by atoms with Gasteiger partial charge in [-0.1, -0.05) is 0 Å². The molecule has 1 unspecified atom stereocenters. The van der Waals surface area contributed by atoms with Gasteiger partial charge in [-0.3, -0.25) is 9.88 Å². The second-order valence-corrected chi connectivity index (χ2v) is 7.21. The van der Waals surface area contributed by atoms with Crippen molar-refractivity contribution in [2.45, 2.75) is 71.8 Å². The predicted molar refractivity (Wildman–Crippen MR) is 82.4 cm³/mol. The number of fused-ring (bicyclic) bond motifs is 2. The Morgan fingerprint density at radius 2 is 1.95 bits per heavy atom. The number of ether oxygens (including phenoxy) is 1. The van der Waals surface area contributed by atoms with E-state index in [0.717, 1.165) is 30.5 Å². The molecule has 0 saturated carbocycles. The lowest BCUT2D eigenvalue weighted by Crippen LogP contribution is -2.35. The average molecular weight is 304 g/mol. The Morgan fingerprint density at radius 1 is 1.27 bits per heavy atom. The number of amides is 1. The Labute approximate surface area is 131 Å². The largest absolute Gasteiger partial charge is 0.444 e. The number of aromatic nitrogens is 1. The molecule has 0 saturated heterocycles. The zero-order valence-corrected chi connectivity index (χ0v) is 13.8. The van der Waals surface area contributed by atoms with Gasteiger partial charge in [-0.15, -0.1) is 0 Å². The van der Waals surface area contributed by atoms with E-state index in [-0.39, 0.29) is 0 Å². The second-order valence-electron chi connectivity index (χ2n) is 7.21. The first-order valence-electron chi connectivity index (χ1n) is 7.97. The van der Waals surface area contributed by atoms with Crippen molar-refractivity contribution in [2.24, 2.45) is 0 Å². The molecular formula is C17H24N2O3. The summed E-state index contributed by atoms with van der Waals surface area (Å²) in [7, 11) is 0. The monoisotopic (exact) mass is 304 g/mol. The summed E-state index contributed by atoms with van der Waals surface area (Å²) in [6.45, 7) is 7.92. The number of aryl methyl sites for hydroxylation is 1. The Bertz CT molecular complexity index is 619. The van der Waals surface area contributed by atoms with Crippen molar-refractivity contribution >= 4 is 6.09 Å². The molecule has 5 heteroatoms. The van der Waals surface area contributed by atoms with Crippen molar-refractivity contribution in [3.05, 3.63) is 28.1 Å². The van der Waals surface area contributed by atoms with Crippen LogP contribution >= 0.6 is 0 Å². The summed E-state index contributed by atoms with van der Waals surface area (Å²) in [5.74, 6) is 0. The van der Waals surface area contributed by atoms with Gasteiger partial charge in [-0.05, 0) is 64.5 Å². The molecule has 2 aliphatic rings. The van der Waals surface area contributed by atoms with Crippen LogP contribution in [0.15, 0.2) is 0 Å². The van der Waals surface area contributed by atoms with E-state index in [1.165, 1.54) is 22.4 Å². The number of aliphatic hydroxyl groups is 1. The fourth-order valence-electron chi connectivity index (χ4n) is 3.31. The topological polar surface area (TPSA) is 62.7 Å². The van der Waals surface area contributed by atoms with Gasteiger partial charge < -0.3 is 9.84 Å². The van der Waals surface area contributed by atoms with Crippen molar-refractivity contribution in [3.63, 3.8) is 0 Å². The lowest BCUT2D eigenvalue weighted by atomic mass is 9.90. The smallest absolute Gasteiger partial charge is 0.412 e. The third kappa shape index (κ3) is 2.58. The van der Waals surface area contributed by atoms with E-state index >= 15 is 0 Å². The van der Waals surface area contributed by atoms with Gasteiger partial charge in [0, 0.05) is 11.3 Å². The van der Waals surface area contributed by atoms with Crippen LogP contribution in [0.1, 0.15) is 67.9 Å². The number of carbonyl (C=O) groups excluding carboxylic acids is 1. The molecule has 22 heavy (non-hydrogen) atoms. The minimum atomic E-state index is -1.00. The van der Waals surface area contributed by atoms with Crippen molar-refractivity contribution in [2.75, 3.05) is 0 Å². The molecule has 0 bridgehead atoms. The molecule has 1 aromatic rings. The Kier molecular flexibility index (Phi) is 3.63. The third-order valence-corrected chi connectivity index (χ3v) is 4.40. The normalized spacial score (nSPS) is 20.6. The SMILES string of the molecule is Cc1c2c(nc3c1CN(C(=O)OC(C)(C)C)C3O)CCCC2. The average Bonchev–Trinajstić information content (AvgIpc) is 2.75. The molecular weight excluding hydrogens is 280 g/mol. The molecule has 120 valence electrons. The molecule has 1 aliphatic carbocycles. The molecule has 1 atom stereocenters. The van der Waals surface area contributed by atoms with E-state index in [9.17, 15) is 9.90 Å². The summed E-state index contributed by atoms with van der Waals surface area (Å²) in [5.41, 5.74) is 4.62. The van der Waals surface area contributed by atoms with Gasteiger partial charge in [-0.2, -0.15) is 0 Å². The summed E-state index contributed by atoms with van der Waals surface area (Å²) in [4.78, 5) is 18.3. The highest BCUT2D eigenvalue weighted by Crippen LogP contribution is 2.37. The minimum absolute atomic E-state index is 0.373. The fourth-order valence-corrected chi connectivity index (χ4v) is 3.31. The van der Waals surface area contributed by atoms with E-state index in [2.05, 4.69) is 11.9 Å². The maximum absolute atomic E-state index is 12.3. The van der Waals surface area contributed by atoms with Crippen molar-refractivity contribution in [1.29, 1.82) is 0 Å². The fraction of sp³-hybridized carbons (Fsp3) is 0.647. The van der Waals surface area contributed by atoms with E-state index in [0.29, 0.717) is 12.2 Å². The van der Waals surface area contributed by atoms with Crippen LogP contribution in [0.5, 0.6) is 0 Å². The highest BCUT2D eigenvalue weighted by atomic mass is 16.6. The van der Waals surface area contributed by atoms with Crippen LogP contribution in [0.2, 0.25) is 0 Å². The minimum Gasteiger partial charge on any atom is -0.444 e. The first-order valence-corrected chi connectivity index (χ1v) is 7.97. The lowest BCUT2D eigenvalue weighted by molar-refractivity contribution is -0.0269. The summed E-state index contributed by atoms with van der Waals surface area (Å²) in [5, 5.41) is 10.5. The van der Waals surface area contributed by atoms with Crippen molar-refractivity contribution in [1.82, 2.24) is 9.88 Å². The lowest BCUT2D eigenvalue weighted by Gasteiger charge is -2.26. The van der Waals surface area contributed by atoms with E-state index in [4.69, 9.17) is 4.74 Å². The summed E-state index contributed by atoms with van der Waals surface area (Å²) < 4.78 is 5.39. The first kappa shape index (κ1) is 15.3. The Hall–Kier alpha value is -1.62. The molecule has 5 nitrogen and oxygen atoms in total. The Morgan fingerprint density at radius 3 is 2.64 bits per heavy atom. The standard InChI is InChI=1S/C17H24N2O3/c1-10-11-7-5-6-8-13(11)18-14-12(10)9-19(15(14)20)16(21)22-17(2,3)4/h15,20H,5-9H2,1-4H3. The van der Waals surface area contributed by atoms with Gasteiger partial charge in [0.05, 0.1) is 12.2 Å². The summed E-state index contributed by atoms with van der Waals surface area (Å²) in [6.07, 6.45) is 2.84. The quantitative estimate of drug-likeness (QED) is 0.800. The molecule has 0 fully saturated rings. The third-order valence-electron chi connectivity index (χ3n) is 4.40. The van der Waals surface area contributed by atoms with Crippen LogP contribution in [-0.4, -0.2) is 26.7 Å². The number of hydrogen-bond acceptors (Lipinski definition) is 4. The van der Waals surface area contributed by atoms with E-state index < -0.39 is 17.9 Å². The molecule has 1 amide bonds.